The number of imide groups is 1. The van der Waals surface area contributed by atoms with Gasteiger partial charge in [-0.25, -0.2) is 28.0 Å². The van der Waals surface area contributed by atoms with Gasteiger partial charge in [0, 0.05) is 50.4 Å². The molecule has 0 radical (unpaired) electrons. The summed E-state index contributed by atoms with van der Waals surface area (Å²) in [7, 11) is 0. The molecule has 8 N–H and O–H groups in total. The fourth-order valence-electron chi connectivity index (χ4n) is 8.46. The normalized spacial score (nSPS) is 13.4. The summed E-state index contributed by atoms with van der Waals surface area (Å²) < 4.78 is 36.4. The predicted molar refractivity (Wildman–Crippen MR) is 280 cm³/mol. The molecule has 4 aromatic rings. The molecule has 77 heavy (non-hydrogen) atoms. The fourth-order valence-corrected chi connectivity index (χ4v) is 8.46. The summed E-state index contributed by atoms with van der Waals surface area (Å²) in [6, 6.07) is 15.0. The van der Waals surface area contributed by atoms with Gasteiger partial charge < -0.3 is 47.1 Å². The molecule has 1 aliphatic heterocycles. The van der Waals surface area contributed by atoms with Crippen molar-refractivity contribution in [1.82, 2.24) is 45.8 Å². The van der Waals surface area contributed by atoms with E-state index in [1.165, 1.54) is 21.7 Å². The molecule has 0 spiro atoms. The third-order valence-electron chi connectivity index (χ3n) is 12.4. The van der Waals surface area contributed by atoms with Gasteiger partial charge in [-0.3, -0.25) is 33.7 Å². The van der Waals surface area contributed by atoms with Gasteiger partial charge in [-0.1, -0.05) is 83.5 Å². The molecular formula is C54H69F2N11O10. The first-order valence-corrected chi connectivity index (χ1v) is 25.5. The molecule has 9 amide bonds. The van der Waals surface area contributed by atoms with E-state index in [9.17, 15) is 47.9 Å². The van der Waals surface area contributed by atoms with Crippen molar-refractivity contribution in [3.63, 3.8) is 0 Å². The van der Waals surface area contributed by atoms with E-state index in [0.29, 0.717) is 30.5 Å². The Labute approximate surface area is 445 Å². The first-order valence-electron chi connectivity index (χ1n) is 25.5. The number of halogens is 2. The molecule has 0 aliphatic carbocycles. The Morgan fingerprint density at radius 3 is 2.16 bits per heavy atom. The molecule has 0 saturated heterocycles. The highest BCUT2D eigenvalue weighted by atomic mass is 19.1. The topological polar surface area (TPSA) is 289 Å². The van der Waals surface area contributed by atoms with E-state index in [1.807, 2.05) is 51.1 Å². The lowest BCUT2D eigenvalue weighted by molar-refractivity contribution is -0.140. The number of unbranched alkanes of at least 4 members (excludes halogenated alkanes) is 2. The average Bonchev–Trinajstić information content (AvgIpc) is 3.97. The number of amides is 9. The first kappa shape index (κ1) is 59.8. The lowest BCUT2D eigenvalue weighted by Gasteiger charge is -2.39. The maximum Gasteiger partial charge on any atom is 0.407 e. The number of hydrogen-bond acceptors (Lipinski definition) is 12. The monoisotopic (exact) mass is 1070 g/mol. The summed E-state index contributed by atoms with van der Waals surface area (Å²) in [5, 5.41) is 28.1. The number of aliphatic hydroxyl groups excluding tert-OH is 1. The standard InChI is InChI=1S/C54H69F2N11O10/c1-34(2)46(62-42(69)17-10-7-11-28-65-43(70)24-25-44(65)71)51(74)61-41(16-12-26-58-52(57)75)50(73)60-38-21-18-36(19-22-38)33-77-53(76)59-27-13-29-66(45(72)32-68)47(54(3,4)5)49-63-48(39-30-37(55)20-23-40(39)56)64-67(49)31-35-14-8-6-9-15-35/h6,8-9,14-15,18-25,30,34,41,46-47,68H,7,10-13,16-17,26-29,31-33H2,1-5H3,(H,59,76)(H,60,73)(H,61,74)(H,62,69)(H3,57,58,75)/t41-,46-,47-/m0/s1. The molecule has 5 rings (SSSR count). The van der Waals surface area contributed by atoms with Gasteiger partial charge in [0.2, 0.25) is 23.6 Å². The average molecular weight is 1070 g/mol. The second kappa shape index (κ2) is 28.7. The van der Waals surface area contributed by atoms with Crippen molar-refractivity contribution < 1.29 is 57.0 Å². The van der Waals surface area contributed by atoms with E-state index in [0.717, 1.165) is 28.7 Å². The zero-order valence-corrected chi connectivity index (χ0v) is 44.0. The maximum absolute atomic E-state index is 15.1. The molecular weight excluding hydrogens is 1000 g/mol. The van der Waals surface area contributed by atoms with Crippen LogP contribution in [0.15, 0.2) is 84.9 Å². The Hall–Kier alpha value is -8.08. The zero-order chi connectivity index (χ0) is 56.2. The van der Waals surface area contributed by atoms with Crippen LogP contribution in [0.3, 0.4) is 0 Å². The van der Waals surface area contributed by atoms with E-state index in [-0.39, 0.29) is 106 Å². The molecule has 414 valence electrons. The SMILES string of the molecule is CC(C)[C@H](NC(=O)CCCCCN1C(=O)C=CC1=O)C(=O)N[C@@H](CCCNC(N)=O)C(=O)Nc1ccc(COC(=O)NCCCN(C(=O)CO)[C@@H](c2nc(-c3cc(F)ccc3F)nn2Cc2ccccc2)C(C)(C)C)cc1. The van der Waals surface area contributed by atoms with Crippen LogP contribution in [0, 0.1) is 23.0 Å². The molecule has 3 atom stereocenters. The molecule has 0 unspecified atom stereocenters. The van der Waals surface area contributed by atoms with Gasteiger partial charge >= 0.3 is 12.1 Å². The number of urea groups is 1. The van der Waals surface area contributed by atoms with Crippen LogP contribution in [0.5, 0.6) is 0 Å². The number of benzene rings is 3. The number of alkyl carbamates (subject to hydrolysis) is 1. The Morgan fingerprint density at radius 2 is 1.51 bits per heavy atom. The number of nitrogens with one attached hydrogen (secondary N) is 5. The minimum atomic E-state index is -1.09. The van der Waals surface area contributed by atoms with E-state index in [1.54, 1.807) is 38.1 Å². The molecule has 0 bridgehead atoms. The Balaban J connectivity index is 1.15. The summed E-state index contributed by atoms with van der Waals surface area (Å²) in [4.78, 5) is 109. The van der Waals surface area contributed by atoms with E-state index >= 15 is 4.39 Å². The van der Waals surface area contributed by atoms with E-state index in [4.69, 9.17) is 15.5 Å². The van der Waals surface area contributed by atoms with Gasteiger partial charge in [0.15, 0.2) is 11.6 Å². The molecule has 0 saturated carbocycles. The van der Waals surface area contributed by atoms with Crippen LogP contribution >= 0.6 is 0 Å². The number of ether oxygens (including phenoxy) is 1. The maximum atomic E-state index is 15.1. The van der Waals surface area contributed by atoms with Crippen LogP contribution in [0.2, 0.25) is 0 Å². The van der Waals surface area contributed by atoms with Crippen LogP contribution in [0.4, 0.5) is 24.1 Å². The van der Waals surface area contributed by atoms with Gasteiger partial charge in [0.25, 0.3) is 11.8 Å². The van der Waals surface area contributed by atoms with Crippen molar-refractivity contribution in [3.05, 3.63) is 114 Å². The van der Waals surface area contributed by atoms with Crippen LogP contribution in [-0.4, -0.2) is 122 Å². The van der Waals surface area contributed by atoms with Crippen LogP contribution in [0.1, 0.15) is 103 Å². The smallest absolute Gasteiger partial charge is 0.407 e. The van der Waals surface area contributed by atoms with Gasteiger partial charge in [-0.05, 0) is 84.9 Å². The summed E-state index contributed by atoms with van der Waals surface area (Å²) in [5.74, 6) is -4.53. The molecule has 1 aliphatic rings. The number of aromatic nitrogens is 3. The first-order chi connectivity index (χ1) is 36.6. The molecule has 0 fully saturated rings. The number of carbonyl (C=O) groups is 8. The third-order valence-corrected chi connectivity index (χ3v) is 12.4. The molecule has 21 nitrogen and oxygen atoms in total. The summed E-state index contributed by atoms with van der Waals surface area (Å²) in [6.07, 6.45) is 3.86. The van der Waals surface area contributed by atoms with Crippen molar-refractivity contribution in [2.75, 3.05) is 38.1 Å². The van der Waals surface area contributed by atoms with Crippen molar-refractivity contribution in [3.8, 4) is 11.4 Å². The Morgan fingerprint density at radius 1 is 0.818 bits per heavy atom. The van der Waals surface area contributed by atoms with Gasteiger partial charge in [-0.2, -0.15) is 5.10 Å². The highest BCUT2D eigenvalue weighted by Crippen LogP contribution is 2.39. The number of nitrogens with two attached hydrogens (primary N) is 1. The number of nitrogens with zero attached hydrogens (tertiary/aromatic N) is 5. The van der Waals surface area contributed by atoms with Crippen molar-refractivity contribution in [2.24, 2.45) is 17.1 Å². The molecule has 23 heteroatoms. The number of aliphatic hydroxyl groups is 1. The summed E-state index contributed by atoms with van der Waals surface area (Å²) >= 11 is 0. The van der Waals surface area contributed by atoms with E-state index in [2.05, 4.69) is 31.7 Å². The Bertz CT molecular complexity index is 2710. The number of anilines is 1. The second-order valence-electron chi connectivity index (χ2n) is 19.9. The molecule has 2 heterocycles. The van der Waals surface area contributed by atoms with Crippen LogP contribution in [0.25, 0.3) is 11.4 Å². The van der Waals surface area contributed by atoms with Crippen molar-refractivity contribution in [1.29, 1.82) is 0 Å². The highest BCUT2D eigenvalue weighted by Gasteiger charge is 2.39. The van der Waals surface area contributed by atoms with E-state index < -0.39 is 71.6 Å². The highest BCUT2D eigenvalue weighted by molar-refractivity contribution is 6.12. The van der Waals surface area contributed by atoms with Crippen molar-refractivity contribution in [2.45, 2.75) is 111 Å². The summed E-state index contributed by atoms with van der Waals surface area (Å²) in [6.45, 7) is 8.75. The Kier molecular flexibility index (Phi) is 22.3. The number of hydrogen-bond donors (Lipinski definition) is 7. The lowest BCUT2D eigenvalue weighted by Crippen LogP contribution is -2.54. The zero-order valence-electron chi connectivity index (χ0n) is 44.0. The van der Waals surface area contributed by atoms with Crippen LogP contribution < -0.4 is 32.3 Å². The number of rotatable bonds is 28. The van der Waals surface area contributed by atoms with Crippen molar-refractivity contribution >= 4 is 53.3 Å². The lowest BCUT2D eigenvalue weighted by atomic mass is 9.84. The van der Waals surface area contributed by atoms with Gasteiger partial charge in [0.1, 0.15) is 36.9 Å². The minimum Gasteiger partial charge on any atom is -0.445 e. The third kappa shape index (κ3) is 18.3. The predicted octanol–water partition coefficient (Wildman–Crippen LogP) is 4.99. The van der Waals surface area contributed by atoms with Gasteiger partial charge in [-0.15, -0.1) is 0 Å². The van der Waals surface area contributed by atoms with Gasteiger partial charge in [0.05, 0.1) is 18.2 Å². The molecule has 1 aromatic heterocycles. The fraction of sp³-hybridized carbons (Fsp3) is 0.444. The largest absolute Gasteiger partial charge is 0.445 e. The minimum absolute atomic E-state index is 0.0381. The number of primary amides is 1. The molecule has 3 aromatic carbocycles. The second-order valence-corrected chi connectivity index (χ2v) is 19.9. The summed E-state index contributed by atoms with van der Waals surface area (Å²) in [5.41, 5.74) is 6.05. The quantitative estimate of drug-likeness (QED) is 0.0293. The number of carbonyl (C=O) groups excluding carboxylic acids is 8. The van der Waals surface area contributed by atoms with Crippen LogP contribution in [-0.2, 0) is 46.7 Å².